The van der Waals surface area contributed by atoms with E-state index in [9.17, 15) is 5.11 Å². The van der Waals surface area contributed by atoms with Gasteiger partial charge in [0, 0.05) is 17.5 Å². The fourth-order valence-corrected chi connectivity index (χ4v) is 3.22. The number of aliphatic hydroxyl groups is 1. The molecule has 4 nitrogen and oxygen atoms in total. The van der Waals surface area contributed by atoms with Gasteiger partial charge in [-0.3, -0.25) is 4.90 Å². The van der Waals surface area contributed by atoms with E-state index in [1.54, 1.807) is 11.3 Å². The summed E-state index contributed by atoms with van der Waals surface area (Å²) in [4.78, 5) is 8.04. The third-order valence-electron chi connectivity index (χ3n) is 3.43. The molecule has 5 heteroatoms. The van der Waals surface area contributed by atoms with E-state index in [-0.39, 0.29) is 11.6 Å². The topological polar surface area (TPSA) is 45.6 Å². The zero-order valence-electron chi connectivity index (χ0n) is 14.4. The summed E-state index contributed by atoms with van der Waals surface area (Å²) in [6.45, 7) is 13.3. The minimum Gasteiger partial charge on any atom is -0.389 e. The van der Waals surface area contributed by atoms with E-state index in [1.807, 2.05) is 27.8 Å². The number of thiazole rings is 1. The zero-order chi connectivity index (χ0) is 16.2. The molecule has 1 rings (SSSR count). The molecule has 0 aliphatic heterocycles. The molecule has 122 valence electrons. The van der Waals surface area contributed by atoms with E-state index in [4.69, 9.17) is 4.74 Å². The van der Waals surface area contributed by atoms with Crippen LogP contribution in [0.2, 0.25) is 0 Å². The number of aromatic nitrogens is 1. The summed E-state index contributed by atoms with van der Waals surface area (Å²) in [5.41, 5.74) is 0.895. The standard InChI is InChI=1S/C16H30N2O2S/c1-8-14-17-11(2)15(21-14)12(3)18(7)9-13(19)10-20-16(4,5)6/h12-13,19H,8-10H2,1-7H3. The lowest BCUT2D eigenvalue weighted by atomic mass is 10.2. The smallest absolute Gasteiger partial charge is 0.0928 e. The molecular weight excluding hydrogens is 284 g/mol. The highest BCUT2D eigenvalue weighted by atomic mass is 32.1. The maximum atomic E-state index is 10.1. The average molecular weight is 314 g/mol. The van der Waals surface area contributed by atoms with Crippen molar-refractivity contribution < 1.29 is 9.84 Å². The van der Waals surface area contributed by atoms with Crippen LogP contribution < -0.4 is 0 Å². The first-order valence-electron chi connectivity index (χ1n) is 7.62. The van der Waals surface area contributed by atoms with Crippen LogP contribution in [0.25, 0.3) is 0 Å². The van der Waals surface area contributed by atoms with Crippen LogP contribution in [-0.4, -0.2) is 46.9 Å². The van der Waals surface area contributed by atoms with E-state index in [0.717, 1.165) is 12.1 Å². The van der Waals surface area contributed by atoms with Gasteiger partial charge in [0.1, 0.15) is 0 Å². The molecule has 0 amide bonds. The number of nitrogens with zero attached hydrogens (tertiary/aromatic N) is 2. The summed E-state index contributed by atoms with van der Waals surface area (Å²) < 4.78 is 5.64. The lowest BCUT2D eigenvalue weighted by Crippen LogP contribution is -2.36. The maximum Gasteiger partial charge on any atom is 0.0928 e. The molecule has 1 aromatic rings. The first-order chi connectivity index (χ1) is 9.64. The van der Waals surface area contributed by atoms with E-state index < -0.39 is 6.10 Å². The van der Waals surface area contributed by atoms with Crippen LogP contribution in [0.1, 0.15) is 56.2 Å². The quantitative estimate of drug-likeness (QED) is 0.839. The second kappa shape index (κ2) is 7.68. The SMILES string of the molecule is CCc1nc(C)c(C(C)N(C)CC(O)COC(C)(C)C)s1. The summed E-state index contributed by atoms with van der Waals surface area (Å²) in [5.74, 6) is 0. The van der Waals surface area contributed by atoms with Crippen LogP contribution in [0.3, 0.4) is 0 Å². The van der Waals surface area contributed by atoms with Crippen molar-refractivity contribution in [1.29, 1.82) is 0 Å². The highest BCUT2D eigenvalue weighted by molar-refractivity contribution is 7.11. The fraction of sp³-hybridized carbons (Fsp3) is 0.812. The maximum absolute atomic E-state index is 10.1. The first-order valence-corrected chi connectivity index (χ1v) is 8.44. The van der Waals surface area contributed by atoms with Crippen LogP contribution in [0, 0.1) is 6.92 Å². The van der Waals surface area contributed by atoms with Crippen molar-refractivity contribution in [2.75, 3.05) is 20.2 Å². The molecule has 0 saturated carbocycles. The van der Waals surface area contributed by atoms with Crippen molar-refractivity contribution in [2.24, 2.45) is 0 Å². The number of hydrogen-bond acceptors (Lipinski definition) is 5. The summed E-state index contributed by atoms with van der Waals surface area (Å²) in [6.07, 6.45) is 0.500. The van der Waals surface area contributed by atoms with Gasteiger partial charge in [-0.2, -0.15) is 0 Å². The Balaban J connectivity index is 2.57. The molecule has 1 heterocycles. The van der Waals surface area contributed by atoms with Gasteiger partial charge in [-0.05, 0) is 48.1 Å². The normalized spacial score (nSPS) is 15.5. The first kappa shape index (κ1) is 18.6. The summed E-state index contributed by atoms with van der Waals surface area (Å²) in [6, 6.07) is 0.257. The molecule has 2 unspecified atom stereocenters. The minimum absolute atomic E-state index is 0.213. The molecule has 2 atom stereocenters. The van der Waals surface area contributed by atoms with Crippen molar-refractivity contribution in [3.8, 4) is 0 Å². The second-order valence-electron chi connectivity index (χ2n) is 6.60. The van der Waals surface area contributed by atoms with Gasteiger partial charge in [0.15, 0.2) is 0 Å². The molecule has 0 saturated heterocycles. The Morgan fingerprint density at radius 2 is 2.00 bits per heavy atom. The minimum atomic E-state index is -0.476. The van der Waals surface area contributed by atoms with Gasteiger partial charge >= 0.3 is 0 Å². The third kappa shape index (κ3) is 6.02. The summed E-state index contributed by atoms with van der Waals surface area (Å²) in [7, 11) is 2.04. The van der Waals surface area contributed by atoms with Crippen molar-refractivity contribution in [3.63, 3.8) is 0 Å². The molecule has 1 aromatic heterocycles. The average Bonchev–Trinajstić information content (AvgIpc) is 2.76. The molecule has 0 aromatic carbocycles. The summed E-state index contributed by atoms with van der Waals surface area (Å²) >= 11 is 1.77. The van der Waals surface area contributed by atoms with E-state index in [2.05, 4.69) is 30.7 Å². The Hall–Kier alpha value is -0.490. The predicted molar refractivity (Wildman–Crippen MR) is 89.0 cm³/mol. The van der Waals surface area contributed by atoms with Gasteiger partial charge in [0.2, 0.25) is 0 Å². The Bertz CT molecular complexity index is 440. The van der Waals surface area contributed by atoms with Crippen LogP contribution >= 0.6 is 11.3 Å². The Morgan fingerprint density at radius 1 is 1.38 bits per heavy atom. The molecule has 0 radical (unpaired) electrons. The second-order valence-corrected chi connectivity index (χ2v) is 7.72. The molecule has 1 N–H and O–H groups in total. The third-order valence-corrected chi connectivity index (χ3v) is 4.90. The van der Waals surface area contributed by atoms with Crippen LogP contribution in [-0.2, 0) is 11.2 Å². The number of aryl methyl sites for hydroxylation is 2. The lowest BCUT2D eigenvalue weighted by Gasteiger charge is -2.28. The highest BCUT2D eigenvalue weighted by Gasteiger charge is 2.21. The number of likely N-dealkylation sites (N-methyl/N-ethyl adjacent to an activating group) is 1. The number of hydrogen-bond donors (Lipinski definition) is 1. The van der Waals surface area contributed by atoms with Gasteiger partial charge < -0.3 is 9.84 Å². The largest absolute Gasteiger partial charge is 0.389 e. The molecular formula is C16H30N2O2S. The number of rotatable bonds is 7. The Labute approximate surface area is 133 Å². The molecule has 0 aliphatic carbocycles. The van der Waals surface area contributed by atoms with Crippen LogP contribution in [0.15, 0.2) is 0 Å². The predicted octanol–water partition coefficient (Wildman–Crippen LogP) is 3.18. The van der Waals surface area contributed by atoms with Gasteiger partial charge in [-0.25, -0.2) is 4.98 Å². The number of ether oxygens (including phenoxy) is 1. The highest BCUT2D eigenvalue weighted by Crippen LogP contribution is 2.28. The Morgan fingerprint density at radius 3 is 2.48 bits per heavy atom. The molecule has 0 bridgehead atoms. The molecule has 0 fully saturated rings. The van der Waals surface area contributed by atoms with Gasteiger partial charge in [-0.1, -0.05) is 6.92 Å². The van der Waals surface area contributed by atoms with Gasteiger partial charge in [0.25, 0.3) is 0 Å². The van der Waals surface area contributed by atoms with E-state index in [1.165, 1.54) is 9.88 Å². The van der Waals surface area contributed by atoms with Crippen LogP contribution in [0.4, 0.5) is 0 Å². The van der Waals surface area contributed by atoms with Gasteiger partial charge in [-0.15, -0.1) is 11.3 Å². The zero-order valence-corrected chi connectivity index (χ0v) is 15.3. The van der Waals surface area contributed by atoms with E-state index in [0.29, 0.717) is 13.2 Å². The van der Waals surface area contributed by atoms with Crippen molar-refractivity contribution in [2.45, 2.75) is 65.7 Å². The Kier molecular flexibility index (Phi) is 6.78. The molecule has 0 aliphatic rings. The lowest BCUT2D eigenvalue weighted by molar-refractivity contribution is -0.0565. The fourth-order valence-electron chi connectivity index (χ4n) is 2.09. The molecule has 0 spiro atoms. The number of aliphatic hydroxyl groups excluding tert-OH is 1. The van der Waals surface area contributed by atoms with Crippen molar-refractivity contribution in [3.05, 3.63) is 15.6 Å². The monoisotopic (exact) mass is 314 g/mol. The molecule has 21 heavy (non-hydrogen) atoms. The van der Waals surface area contributed by atoms with E-state index >= 15 is 0 Å². The summed E-state index contributed by atoms with van der Waals surface area (Å²) in [5, 5.41) is 11.3. The van der Waals surface area contributed by atoms with Crippen LogP contribution in [0.5, 0.6) is 0 Å². The van der Waals surface area contributed by atoms with Gasteiger partial charge in [0.05, 0.1) is 29.0 Å². The van der Waals surface area contributed by atoms with Crippen molar-refractivity contribution in [1.82, 2.24) is 9.88 Å². The van der Waals surface area contributed by atoms with Crippen molar-refractivity contribution >= 4 is 11.3 Å².